The minimum absolute atomic E-state index is 0.678. The standard InChI is InChI=1S/C17H18ClNS/c18-15-7-5-13(6-8-15)9-10-19-12-16-11-14-3-1-2-4-17(14)20-16/h1-8,16,19H,9-12H2. The van der Waals surface area contributed by atoms with Crippen LogP contribution >= 0.6 is 23.4 Å². The minimum Gasteiger partial charge on any atom is -0.315 e. The van der Waals surface area contributed by atoms with Crippen molar-refractivity contribution in [1.29, 1.82) is 0 Å². The molecule has 1 atom stereocenters. The van der Waals surface area contributed by atoms with Crippen LogP contribution in [0.2, 0.25) is 5.02 Å². The van der Waals surface area contributed by atoms with E-state index in [0.717, 1.165) is 24.5 Å². The molecular weight excluding hydrogens is 286 g/mol. The maximum absolute atomic E-state index is 5.88. The number of nitrogens with one attached hydrogen (secondary N) is 1. The fourth-order valence-corrected chi connectivity index (χ4v) is 3.92. The third-order valence-corrected chi connectivity index (χ3v) is 5.16. The SMILES string of the molecule is Clc1ccc(CCNCC2Cc3ccccc3S2)cc1. The van der Waals surface area contributed by atoms with Gasteiger partial charge >= 0.3 is 0 Å². The Morgan fingerprint density at radius 1 is 1.10 bits per heavy atom. The monoisotopic (exact) mass is 303 g/mol. The van der Waals surface area contributed by atoms with Crippen LogP contribution in [-0.2, 0) is 12.8 Å². The van der Waals surface area contributed by atoms with Crippen LogP contribution in [0, 0.1) is 0 Å². The molecule has 0 bridgehead atoms. The van der Waals surface area contributed by atoms with Gasteiger partial charge < -0.3 is 5.32 Å². The van der Waals surface area contributed by atoms with Crippen molar-refractivity contribution in [2.75, 3.05) is 13.1 Å². The molecule has 20 heavy (non-hydrogen) atoms. The minimum atomic E-state index is 0.678. The van der Waals surface area contributed by atoms with E-state index in [1.54, 1.807) is 0 Å². The van der Waals surface area contributed by atoms with E-state index in [1.165, 1.54) is 22.4 Å². The van der Waals surface area contributed by atoms with Crippen LogP contribution in [-0.4, -0.2) is 18.3 Å². The zero-order chi connectivity index (χ0) is 13.8. The number of fused-ring (bicyclic) bond motifs is 1. The fourth-order valence-electron chi connectivity index (χ4n) is 2.51. The van der Waals surface area contributed by atoms with Gasteiger partial charge in [0.25, 0.3) is 0 Å². The molecule has 3 rings (SSSR count). The Hall–Kier alpha value is -0.960. The summed E-state index contributed by atoms with van der Waals surface area (Å²) in [5.41, 5.74) is 2.84. The largest absolute Gasteiger partial charge is 0.315 e. The molecular formula is C17H18ClNS. The normalized spacial score (nSPS) is 17.1. The molecule has 2 aromatic rings. The van der Waals surface area contributed by atoms with Crippen LogP contribution < -0.4 is 5.32 Å². The molecule has 2 aromatic carbocycles. The van der Waals surface area contributed by atoms with Gasteiger partial charge in [-0.05, 0) is 48.7 Å². The molecule has 0 spiro atoms. The van der Waals surface area contributed by atoms with E-state index in [2.05, 4.69) is 41.7 Å². The Bertz CT molecular complexity index is 542. The first-order valence-electron chi connectivity index (χ1n) is 7.01. The van der Waals surface area contributed by atoms with Gasteiger partial charge in [0.15, 0.2) is 0 Å². The summed E-state index contributed by atoms with van der Waals surface area (Å²) >= 11 is 7.89. The Kier molecular flexibility index (Phi) is 4.66. The molecule has 0 fully saturated rings. The van der Waals surface area contributed by atoms with Gasteiger partial charge in [0, 0.05) is 21.7 Å². The molecule has 0 aliphatic carbocycles. The Morgan fingerprint density at radius 2 is 1.90 bits per heavy atom. The first kappa shape index (κ1) is 14.0. The molecule has 0 aromatic heterocycles. The third-order valence-electron chi connectivity index (χ3n) is 3.59. The summed E-state index contributed by atoms with van der Waals surface area (Å²) < 4.78 is 0. The molecule has 1 nitrogen and oxygen atoms in total. The summed E-state index contributed by atoms with van der Waals surface area (Å²) in [6.45, 7) is 2.10. The lowest BCUT2D eigenvalue weighted by Gasteiger charge is -2.10. The van der Waals surface area contributed by atoms with Crippen molar-refractivity contribution < 1.29 is 0 Å². The number of benzene rings is 2. The number of thioether (sulfide) groups is 1. The van der Waals surface area contributed by atoms with Crippen molar-refractivity contribution in [2.24, 2.45) is 0 Å². The molecule has 0 saturated carbocycles. The summed E-state index contributed by atoms with van der Waals surface area (Å²) in [5.74, 6) is 0. The van der Waals surface area contributed by atoms with Gasteiger partial charge in [0.1, 0.15) is 0 Å². The first-order valence-corrected chi connectivity index (χ1v) is 8.27. The van der Waals surface area contributed by atoms with Gasteiger partial charge in [-0.15, -0.1) is 11.8 Å². The average molecular weight is 304 g/mol. The maximum Gasteiger partial charge on any atom is 0.0406 e. The quantitative estimate of drug-likeness (QED) is 0.831. The zero-order valence-electron chi connectivity index (χ0n) is 11.3. The van der Waals surface area contributed by atoms with Crippen LogP contribution in [0.1, 0.15) is 11.1 Å². The first-order chi connectivity index (χ1) is 9.81. The molecule has 1 unspecified atom stereocenters. The summed E-state index contributed by atoms with van der Waals surface area (Å²) in [7, 11) is 0. The second-order valence-corrected chi connectivity index (χ2v) is 6.91. The van der Waals surface area contributed by atoms with Gasteiger partial charge in [-0.3, -0.25) is 0 Å². The Labute approximate surface area is 129 Å². The molecule has 104 valence electrons. The summed E-state index contributed by atoms with van der Waals surface area (Å²) in [6, 6.07) is 16.9. The summed E-state index contributed by atoms with van der Waals surface area (Å²) in [6.07, 6.45) is 2.25. The highest BCUT2D eigenvalue weighted by molar-refractivity contribution is 8.00. The van der Waals surface area contributed by atoms with Gasteiger partial charge in [0.05, 0.1) is 0 Å². The van der Waals surface area contributed by atoms with Gasteiger partial charge in [-0.25, -0.2) is 0 Å². The van der Waals surface area contributed by atoms with Gasteiger partial charge in [0.2, 0.25) is 0 Å². The van der Waals surface area contributed by atoms with E-state index < -0.39 is 0 Å². The molecule has 3 heteroatoms. The predicted octanol–water partition coefficient (Wildman–Crippen LogP) is 4.19. The highest BCUT2D eigenvalue weighted by Gasteiger charge is 2.20. The lowest BCUT2D eigenvalue weighted by Crippen LogP contribution is -2.26. The van der Waals surface area contributed by atoms with Crippen molar-refractivity contribution in [3.63, 3.8) is 0 Å². The fraction of sp³-hybridized carbons (Fsp3) is 0.294. The summed E-state index contributed by atoms with van der Waals surface area (Å²) in [5, 5.41) is 5.06. The molecule has 0 amide bonds. The maximum atomic E-state index is 5.88. The van der Waals surface area contributed by atoms with Crippen LogP contribution in [0.3, 0.4) is 0 Å². The average Bonchev–Trinajstić information content (AvgIpc) is 2.88. The second kappa shape index (κ2) is 6.66. The zero-order valence-corrected chi connectivity index (χ0v) is 12.9. The van der Waals surface area contributed by atoms with E-state index in [4.69, 9.17) is 11.6 Å². The molecule has 1 heterocycles. The van der Waals surface area contributed by atoms with Crippen LogP contribution in [0.15, 0.2) is 53.4 Å². The van der Waals surface area contributed by atoms with E-state index in [-0.39, 0.29) is 0 Å². The highest BCUT2D eigenvalue weighted by Crippen LogP contribution is 2.36. The topological polar surface area (TPSA) is 12.0 Å². The predicted molar refractivity (Wildman–Crippen MR) is 87.8 cm³/mol. The third kappa shape index (κ3) is 3.57. The van der Waals surface area contributed by atoms with Crippen molar-refractivity contribution in [1.82, 2.24) is 5.32 Å². The van der Waals surface area contributed by atoms with Crippen LogP contribution in [0.4, 0.5) is 0 Å². The number of hydrogen-bond donors (Lipinski definition) is 1. The smallest absolute Gasteiger partial charge is 0.0406 e. The van der Waals surface area contributed by atoms with Crippen molar-refractivity contribution in [2.45, 2.75) is 23.0 Å². The van der Waals surface area contributed by atoms with Gasteiger partial charge in [-0.1, -0.05) is 41.9 Å². The number of rotatable bonds is 5. The Morgan fingerprint density at radius 3 is 2.70 bits per heavy atom. The highest BCUT2D eigenvalue weighted by atomic mass is 35.5. The number of halogens is 1. The van der Waals surface area contributed by atoms with Crippen LogP contribution in [0.25, 0.3) is 0 Å². The van der Waals surface area contributed by atoms with E-state index in [9.17, 15) is 0 Å². The number of hydrogen-bond acceptors (Lipinski definition) is 2. The summed E-state index contributed by atoms with van der Waals surface area (Å²) in [4.78, 5) is 1.46. The molecule has 1 aliphatic heterocycles. The lowest BCUT2D eigenvalue weighted by molar-refractivity contribution is 0.662. The Balaban J connectivity index is 1.40. The van der Waals surface area contributed by atoms with Crippen molar-refractivity contribution >= 4 is 23.4 Å². The molecule has 0 saturated heterocycles. The lowest BCUT2D eigenvalue weighted by atomic mass is 10.1. The van der Waals surface area contributed by atoms with Gasteiger partial charge in [-0.2, -0.15) is 0 Å². The van der Waals surface area contributed by atoms with Crippen molar-refractivity contribution in [3.8, 4) is 0 Å². The molecule has 1 N–H and O–H groups in total. The van der Waals surface area contributed by atoms with E-state index in [1.807, 2.05) is 23.9 Å². The van der Waals surface area contributed by atoms with Crippen LogP contribution in [0.5, 0.6) is 0 Å². The molecule has 0 radical (unpaired) electrons. The van der Waals surface area contributed by atoms with Crippen molar-refractivity contribution in [3.05, 3.63) is 64.7 Å². The molecule has 1 aliphatic rings. The van der Waals surface area contributed by atoms with E-state index in [0.29, 0.717) is 5.25 Å². The van der Waals surface area contributed by atoms with E-state index >= 15 is 0 Å². The second-order valence-electron chi connectivity index (χ2n) is 5.13.